The highest BCUT2D eigenvalue weighted by molar-refractivity contribution is 7.80. The van der Waals surface area contributed by atoms with E-state index < -0.39 is 0 Å². The summed E-state index contributed by atoms with van der Waals surface area (Å²) in [6.07, 6.45) is 0. The molecule has 0 aliphatic carbocycles. The Hall–Kier alpha value is -1.58. The van der Waals surface area contributed by atoms with Crippen molar-refractivity contribution in [3.05, 3.63) is 64.7 Å². The van der Waals surface area contributed by atoms with E-state index in [0.29, 0.717) is 22.4 Å². The zero-order valence-corrected chi connectivity index (χ0v) is 11.2. The Labute approximate surface area is 116 Å². The van der Waals surface area contributed by atoms with Gasteiger partial charge in [0, 0.05) is 10.6 Å². The summed E-state index contributed by atoms with van der Waals surface area (Å²) in [6, 6.07) is 15.0. The first-order chi connectivity index (χ1) is 8.68. The van der Waals surface area contributed by atoms with Gasteiger partial charge in [0.15, 0.2) is 0 Å². The molecule has 92 valence electrons. The lowest BCUT2D eigenvalue weighted by Gasteiger charge is -2.11. The molecule has 0 saturated heterocycles. The van der Waals surface area contributed by atoms with Gasteiger partial charge in [0.2, 0.25) is 0 Å². The van der Waals surface area contributed by atoms with Gasteiger partial charge in [-0.25, -0.2) is 0 Å². The molecule has 0 saturated carbocycles. The van der Waals surface area contributed by atoms with Crippen LogP contribution in [0, 0.1) is 0 Å². The topological polar surface area (TPSA) is 35.2 Å². The summed E-state index contributed by atoms with van der Waals surface area (Å²) in [6.45, 7) is 0.388. The molecule has 0 amide bonds. The van der Waals surface area contributed by atoms with Crippen molar-refractivity contribution in [3.63, 3.8) is 0 Å². The van der Waals surface area contributed by atoms with Crippen molar-refractivity contribution in [1.82, 2.24) is 0 Å². The molecule has 0 aliphatic heterocycles. The van der Waals surface area contributed by atoms with Crippen LogP contribution in [0.4, 0.5) is 0 Å². The number of hydrogen-bond donors (Lipinski definition) is 1. The third-order valence-electron chi connectivity index (χ3n) is 2.49. The predicted octanol–water partition coefficient (Wildman–Crippen LogP) is 3.55. The van der Waals surface area contributed by atoms with Gasteiger partial charge in [-0.05, 0) is 18.2 Å². The van der Waals surface area contributed by atoms with E-state index in [9.17, 15) is 0 Å². The van der Waals surface area contributed by atoms with E-state index in [1.54, 1.807) is 0 Å². The normalized spacial score (nSPS) is 10.1. The standard InChI is InChI=1S/C14H12ClNOS/c15-12-7-3-1-5-10(12)9-17-13-8-4-2-6-11(13)14(16)18/h1-8H,9H2,(H2,16,18). The molecule has 18 heavy (non-hydrogen) atoms. The van der Waals surface area contributed by atoms with Crippen LogP contribution < -0.4 is 10.5 Å². The Morgan fingerprint density at radius 2 is 1.78 bits per heavy atom. The molecule has 0 bridgehead atoms. The average Bonchev–Trinajstić information content (AvgIpc) is 2.38. The highest BCUT2D eigenvalue weighted by Crippen LogP contribution is 2.21. The van der Waals surface area contributed by atoms with E-state index in [-0.39, 0.29) is 0 Å². The van der Waals surface area contributed by atoms with Gasteiger partial charge in [0.1, 0.15) is 17.3 Å². The summed E-state index contributed by atoms with van der Waals surface area (Å²) in [5.74, 6) is 0.671. The average molecular weight is 278 g/mol. The molecule has 2 rings (SSSR count). The van der Waals surface area contributed by atoms with Gasteiger partial charge in [0.25, 0.3) is 0 Å². The van der Waals surface area contributed by atoms with E-state index >= 15 is 0 Å². The van der Waals surface area contributed by atoms with E-state index in [4.69, 9.17) is 34.3 Å². The van der Waals surface area contributed by atoms with Crippen molar-refractivity contribution < 1.29 is 4.74 Å². The molecule has 0 aliphatic rings. The van der Waals surface area contributed by atoms with Crippen molar-refractivity contribution in [2.75, 3.05) is 0 Å². The van der Waals surface area contributed by atoms with Crippen molar-refractivity contribution in [2.45, 2.75) is 6.61 Å². The minimum Gasteiger partial charge on any atom is -0.488 e. The molecule has 4 heteroatoms. The molecule has 0 heterocycles. The lowest BCUT2D eigenvalue weighted by Crippen LogP contribution is -2.11. The van der Waals surface area contributed by atoms with E-state index in [1.165, 1.54) is 0 Å². The Bertz CT molecular complexity index is 571. The van der Waals surface area contributed by atoms with Crippen molar-refractivity contribution in [1.29, 1.82) is 0 Å². The molecule has 0 fully saturated rings. The molecular formula is C14H12ClNOS. The maximum absolute atomic E-state index is 6.06. The summed E-state index contributed by atoms with van der Waals surface area (Å²) >= 11 is 11.0. The van der Waals surface area contributed by atoms with Crippen molar-refractivity contribution in [3.8, 4) is 5.75 Å². The first kappa shape index (κ1) is 12.9. The van der Waals surface area contributed by atoms with Crippen LogP contribution in [0.1, 0.15) is 11.1 Å². The van der Waals surface area contributed by atoms with Crippen LogP contribution >= 0.6 is 23.8 Å². The molecule has 0 spiro atoms. The number of halogens is 1. The highest BCUT2D eigenvalue weighted by Gasteiger charge is 2.06. The predicted molar refractivity (Wildman–Crippen MR) is 78.1 cm³/mol. The number of ether oxygens (including phenoxy) is 1. The number of para-hydroxylation sites is 1. The quantitative estimate of drug-likeness (QED) is 0.868. The fourth-order valence-electron chi connectivity index (χ4n) is 1.57. The Morgan fingerprint density at radius 3 is 2.50 bits per heavy atom. The lowest BCUT2D eigenvalue weighted by atomic mass is 10.2. The van der Waals surface area contributed by atoms with Crippen LogP contribution in [0.25, 0.3) is 0 Å². The van der Waals surface area contributed by atoms with E-state index in [2.05, 4.69) is 0 Å². The SMILES string of the molecule is NC(=S)c1ccccc1OCc1ccccc1Cl. The first-order valence-corrected chi connectivity index (χ1v) is 6.22. The number of benzene rings is 2. The maximum atomic E-state index is 6.06. The van der Waals surface area contributed by atoms with Crippen molar-refractivity contribution in [2.24, 2.45) is 5.73 Å². The summed E-state index contributed by atoms with van der Waals surface area (Å²) in [5.41, 5.74) is 7.30. The number of rotatable bonds is 4. The van der Waals surface area contributed by atoms with Crippen LogP contribution in [0.5, 0.6) is 5.75 Å². The Morgan fingerprint density at radius 1 is 1.11 bits per heavy atom. The van der Waals surface area contributed by atoms with Crippen LogP contribution in [-0.2, 0) is 6.61 Å². The minimum atomic E-state index is 0.324. The molecule has 0 radical (unpaired) electrons. The van der Waals surface area contributed by atoms with Crippen LogP contribution in [-0.4, -0.2) is 4.99 Å². The Balaban J connectivity index is 2.16. The monoisotopic (exact) mass is 277 g/mol. The molecule has 0 unspecified atom stereocenters. The third-order valence-corrected chi connectivity index (χ3v) is 3.08. The second-order valence-electron chi connectivity index (χ2n) is 3.74. The van der Waals surface area contributed by atoms with Crippen LogP contribution in [0.3, 0.4) is 0 Å². The zero-order chi connectivity index (χ0) is 13.0. The second kappa shape index (κ2) is 5.85. The first-order valence-electron chi connectivity index (χ1n) is 5.43. The van der Waals surface area contributed by atoms with Gasteiger partial charge in [-0.3, -0.25) is 0 Å². The highest BCUT2D eigenvalue weighted by atomic mass is 35.5. The van der Waals surface area contributed by atoms with Crippen molar-refractivity contribution >= 4 is 28.8 Å². The Kier molecular flexibility index (Phi) is 4.18. The smallest absolute Gasteiger partial charge is 0.129 e. The largest absolute Gasteiger partial charge is 0.488 e. The van der Waals surface area contributed by atoms with Gasteiger partial charge in [-0.1, -0.05) is 54.2 Å². The number of nitrogens with two attached hydrogens (primary N) is 1. The summed E-state index contributed by atoms with van der Waals surface area (Å²) in [5, 5.41) is 0.685. The van der Waals surface area contributed by atoms with E-state index in [1.807, 2.05) is 48.5 Å². The molecule has 0 atom stereocenters. The van der Waals surface area contributed by atoms with Gasteiger partial charge in [0.05, 0.1) is 5.56 Å². The van der Waals surface area contributed by atoms with Gasteiger partial charge < -0.3 is 10.5 Å². The van der Waals surface area contributed by atoms with Crippen LogP contribution in [0.15, 0.2) is 48.5 Å². The molecular weight excluding hydrogens is 266 g/mol. The minimum absolute atomic E-state index is 0.324. The lowest BCUT2D eigenvalue weighted by molar-refractivity contribution is 0.306. The zero-order valence-electron chi connectivity index (χ0n) is 9.60. The fraction of sp³-hybridized carbons (Fsp3) is 0.0714. The second-order valence-corrected chi connectivity index (χ2v) is 4.59. The maximum Gasteiger partial charge on any atom is 0.129 e. The fourth-order valence-corrected chi connectivity index (χ4v) is 1.93. The molecule has 2 aromatic carbocycles. The number of hydrogen-bond acceptors (Lipinski definition) is 2. The summed E-state index contributed by atoms with van der Waals surface area (Å²) < 4.78 is 5.71. The third kappa shape index (κ3) is 3.00. The van der Waals surface area contributed by atoms with Crippen LogP contribution in [0.2, 0.25) is 5.02 Å². The molecule has 2 nitrogen and oxygen atoms in total. The van der Waals surface area contributed by atoms with E-state index in [0.717, 1.165) is 11.1 Å². The van der Waals surface area contributed by atoms with Gasteiger partial charge >= 0.3 is 0 Å². The number of thiocarbonyl (C=S) groups is 1. The molecule has 0 aromatic heterocycles. The van der Waals surface area contributed by atoms with Gasteiger partial charge in [-0.15, -0.1) is 0 Å². The summed E-state index contributed by atoms with van der Waals surface area (Å²) in [4.78, 5) is 0.324. The summed E-state index contributed by atoms with van der Waals surface area (Å²) in [7, 11) is 0. The van der Waals surface area contributed by atoms with Gasteiger partial charge in [-0.2, -0.15) is 0 Å². The molecule has 2 aromatic rings. The molecule has 2 N–H and O–H groups in total.